The molecule has 0 spiro atoms. The SMILES string of the molecule is O=C(CC[C@H]1CCCO1)Nc1ncc(Cc2cccc(C(F)(F)F)c2)s1. The van der Waals surface area contributed by atoms with Gasteiger partial charge in [0.2, 0.25) is 5.91 Å². The molecule has 1 N–H and O–H groups in total. The van der Waals surface area contributed by atoms with Crippen LogP contribution in [0.1, 0.15) is 41.7 Å². The van der Waals surface area contributed by atoms with Crippen LogP contribution in [0.25, 0.3) is 0 Å². The Morgan fingerprint density at radius 2 is 2.23 bits per heavy atom. The highest BCUT2D eigenvalue weighted by Crippen LogP contribution is 2.30. The summed E-state index contributed by atoms with van der Waals surface area (Å²) in [5.74, 6) is -0.125. The molecule has 1 saturated heterocycles. The Morgan fingerprint density at radius 3 is 2.96 bits per heavy atom. The maximum Gasteiger partial charge on any atom is 0.416 e. The molecular weight excluding hydrogens is 365 g/mol. The minimum atomic E-state index is -4.36. The largest absolute Gasteiger partial charge is 0.416 e. The molecule has 1 atom stereocenters. The molecule has 1 aromatic heterocycles. The van der Waals surface area contributed by atoms with E-state index in [1.807, 2.05) is 0 Å². The van der Waals surface area contributed by atoms with Crippen LogP contribution in [0.15, 0.2) is 30.5 Å². The summed E-state index contributed by atoms with van der Waals surface area (Å²) >= 11 is 1.27. The van der Waals surface area contributed by atoms with E-state index in [4.69, 9.17) is 4.74 Å². The number of nitrogens with zero attached hydrogens (tertiary/aromatic N) is 1. The van der Waals surface area contributed by atoms with Crippen LogP contribution in [-0.4, -0.2) is 23.6 Å². The number of nitrogens with one attached hydrogen (secondary N) is 1. The van der Waals surface area contributed by atoms with E-state index in [2.05, 4.69) is 10.3 Å². The summed E-state index contributed by atoms with van der Waals surface area (Å²) in [5, 5.41) is 3.20. The van der Waals surface area contributed by atoms with Gasteiger partial charge in [-0.05, 0) is 30.9 Å². The molecule has 2 heterocycles. The molecule has 8 heteroatoms. The summed E-state index contributed by atoms with van der Waals surface area (Å²) in [6, 6.07) is 5.23. The maximum absolute atomic E-state index is 12.8. The van der Waals surface area contributed by atoms with Gasteiger partial charge in [0.15, 0.2) is 5.13 Å². The van der Waals surface area contributed by atoms with Crippen LogP contribution in [-0.2, 0) is 22.1 Å². The molecule has 4 nitrogen and oxygen atoms in total. The quantitative estimate of drug-likeness (QED) is 0.789. The number of halogens is 3. The fraction of sp³-hybridized carbons (Fsp3) is 0.444. The molecule has 140 valence electrons. The minimum absolute atomic E-state index is 0.125. The molecule has 3 rings (SSSR count). The third-order valence-corrected chi connectivity index (χ3v) is 5.06. The van der Waals surface area contributed by atoms with E-state index < -0.39 is 11.7 Å². The Bertz CT molecular complexity index is 755. The van der Waals surface area contributed by atoms with Crippen LogP contribution >= 0.6 is 11.3 Å². The van der Waals surface area contributed by atoms with Crippen molar-refractivity contribution in [1.29, 1.82) is 0 Å². The summed E-state index contributed by atoms with van der Waals surface area (Å²) in [5.41, 5.74) is -0.109. The Hall–Kier alpha value is -1.93. The number of rotatable bonds is 6. The van der Waals surface area contributed by atoms with Crippen molar-refractivity contribution in [2.75, 3.05) is 11.9 Å². The van der Waals surface area contributed by atoms with Gasteiger partial charge < -0.3 is 10.1 Å². The van der Waals surface area contributed by atoms with Crippen molar-refractivity contribution in [2.45, 2.75) is 44.4 Å². The highest BCUT2D eigenvalue weighted by Gasteiger charge is 2.30. The number of aromatic nitrogens is 1. The number of carbonyl (C=O) groups is 1. The van der Waals surface area contributed by atoms with E-state index in [1.165, 1.54) is 17.4 Å². The van der Waals surface area contributed by atoms with Gasteiger partial charge >= 0.3 is 6.18 Å². The van der Waals surface area contributed by atoms with E-state index in [9.17, 15) is 18.0 Å². The third-order valence-electron chi connectivity index (χ3n) is 4.15. The molecule has 1 aliphatic heterocycles. The van der Waals surface area contributed by atoms with Crippen LogP contribution in [0.3, 0.4) is 0 Å². The summed E-state index contributed by atoms with van der Waals surface area (Å²) in [6.45, 7) is 0.762. The fourth-order valence-corrected chi connectivity index (χ4v) is 3.71. The third kappa shape index (κ3) is 5.28. The fourth-order valence-electron chi connectivity index (χ4n) is 2.85. The Balaban J connectivity index is 1.53. The van der Waals surface area contributed by atoms with Crippen molar-refractivity contribution < 1.29 is 22.7 Å². The van der Waals surface area contributed by atoms with Gasteiger partial charge in [0.25, 0.3) is 0 Å². The average molecular weight is 384 g/mol. The lowest BCUT2D eigenvalue weighted by Gasteiger charge is -2.08. The molecule has 0 saturated carbocycles. The van der Waals surface area contributed by atoms with Gasteiger partial charge in [0.05, 0.1) is 11.7 Å². The van der Waals surface area contributed by atoms with E-state index in [1.54, 1.807) is 12.3 Å². The molecule has 1 amide bonds. The first-order chi connectivity index (χ1) is 12.4. The van der Waals surface area contributed by atoms with Gasteiger partial charge in [-0.3, -0.25) is 4.79 Å². The van der Waals surface area contributed by atoms with Crippen LogP contribution < -0.4 is 5.32 Å². The lowest BCUT2D eigenvalue weighted by molar-refractivity contribution is -0.137. The zero-order valence-electron chi connectivity index (χ0n) is 14.0. The molecule has 0 radical (unpaired) electrons. The van der Waals surface area contributed by atoms with Crippen LogP contribution in [0.5, 0.6) is 0 Å². The zero-order valence-corrected chi connectivity index (χ0v) is 14.8. The average Bonchev–Trinajstić information content (AvgIpc) is 3.24. The van der Waals surface area contributed by atoms with Crippen molar-refractivity contribution in [2.24, 2.45) is 0 Å². The topological polar surface area (TPSA) is 51.2 Å². The number of benzene rings is 1. The van der Waals surface area contributed by atoms with E-state index in [0.29, 0.717) is 30.0 Å². The van der Waals surface area contributed by atoms with Crippen LogP contribution in [0.2, 0.25) is 0 Å². The predicted octanol–water partition coefficient (Wildman–Crippen LogP) is 4.65. The molecule has 2 aromatic rings. The van der Waals surface area contributed by atoms with E-state index in [0.717, 1.165) is 36.5 Å². The molecule has 1 aliphatic rings. The van der Waals surface area contributed by atoms with Crippen LogP contribution in [0.4, 0.5) is 18.3 Å². The first-order valence-corrected chi connectivity index (χ1v) is 9.24. The summed E-state index contributed by atoms with van der Waals surface area (Å²) in [6.07, 6.45) is 0.818. The highest BCUT2D eigenvalue weighted by molar-refractivity contribution is 7.15. The molecule has 0 aliphatic carbocycles. The van der Waals surface area contributed by atoms with Crippen LogP contribution in [0, 0.1) is 0 Å². The minimum Gasteiger partial charge on any atom is -0.378 e. The summed E-state index contributed by atoms with van der Waals surface area (Å²) in [7, 11) is 0. The van der Waals surface area contributed by atoms with Crippen molar-refractivity contribution in [1.82, 2.24) is 4.98 Å². The van der Waals surface area contributed by atoms with Gasteiger partial charge in [0.1, 0.15) is 0 Å². The summed E-state index contributed by atoms with van der Waals surface area (Å²) in [4.78, 5) is 16.9. The van der Waals surface area contributed by atoms with Gasteiger partial charge in [-0.15, -0.1) is 11.3 Å². The number of carbonyl (C=O) groups excluding carboxylic acids is 1. The van der Waals surface area contributed by atoms with E-state index >= 15 is 0 Å². The van der Waals surface area contributed by atoms with Gasteiger partial charge in [-0.1, -0.05) is 18.2 Å². The normalized spacial score (nSPS) is 17.4. The second kappa shape index (κ2) is 8.18. The van der Waals surface area contributed by atoms with Gasteiger partial charge in [0, 0.05) is 30.5 Å². The van der Waals surface area contributed by atoms with Crippen molar-refractivity contribution in [3.05, 3.63) is 46.5 Å². The lowest BCUT2D eigenvalue weighted by Crippen LogP contribution is -2.15. The standard InChI is InChI=1S/C18H19F3N2O2S/c19-18(20,21)13-4-1-3-12(9-13)10-15-11-22-17(26-15)23-16(24)7-6-14-5-2-8-25-14/h1,3-4,9,11,14H,2,5-8,10H2,(H,22,23,24)/t14-/m1/s1. The van der Waals surface area contributed by atoms with E-state index in [-0.39, 0.29) is 12.0 Å². The second-order valence-electron chi connectivity index (χ2n) is 6.23. The molecule has 0 bridgehead atoms. The maximum atomic E-state index is 12.8. The first-order valence-electron chi connectivity index (χ1n) is 8.42. The number of hydrogen-bond acceptors (Lipinski definition) is 4. The predicted molar refractivity (Wildman–Crippen MR) is 93.2 cm³/mol. The first kappa shape index (κ1) is 18.8. The molecule has 26 heavy (non-hydrogen) atoms. The Morgan fingerprint density at radius 1 is 1.38 bits per heavy atom. The summed E-state index contributed by atoms with van der Waals surface area (Å²) < 4.78 is 43.8. The zero-order chi connectivity index (χ0) is 18.6. The molecule has 1 aromatic carbocycles. The lowest BCUT2D eigenvalue weighted by atomic mass is 10.1. The number of thiazole rings is 1. The Kier molecular flexibility index (Phi) is 5.93. The van der Waals surface area contributed by atoms with Crippen molar-refractivity contribution >= 4 is 22.4 Å². The number of alkyl halides is 3. The monoisotopic (exact) mass is 384 g/mol. The number of hydrogen-bond donors (Lipinski definition) is 1. The second-order valence-corrected chi connectivity index (χ2v) is 7.34. The van der Waals surface area contributed by atoms with Gasteiger partial charge in [-0.2, -0.15) is 13.2 Å². The number of ether oxygens (including phenoxy) is 1. The highest BCUT2D eigenvalue weighted by atomic mass is 32.1. The van der Waals surface area contributed by atoms with Crippen molar-refractivity contribution in [3.63, 3.8) is 0 Å². The molecular formula is C18H19F3N2O2S. The molecule has 1 fully saturated rings. The smallest absolute Gasteiger partial charge is 0.378 e. The Labute approximate surface area is 153 Å². The number of anilines is 1. The molecule has 0 unspecified atom stereocenters. The number of amides is 1. The van der Waals surface area contributed by atoms with Gasteiger partial charge in [-0.25, -0.2) is 4.98 Å². The van der Waals surface area contributed by atoms with Crippen molar-refractivity contribution in [3.8, 4) is 0 Å².